The van der Waals surface area contributed by atoms with Gasteiger partial charge in [0.2, 0.25) is 0 Å². The lowest BCUT2D eigenvalue weighted by Crippen LogP contribution is -2.44. The van der Waals surface area contributed by atoms with Crippen molar-refractivity contribution in [3.05, 3.63) is 39.7 Å². The van der Waals surface area contributed by atoms with Crippen LogP contribution in [0, 0.1) is 13.8 Å². The van der Waals surface area contributed by atoms with E-state index in [4.69, 9.17) is 13.9 Å². The van der Waals surface area contributed by atoms with Gasteiger partial charge in [-0.3, -0.25) is 4.79 Å². The lowest BCUT2D eigenvalue weighted by molar-refractivity contribution is -0.128. The maximum absolute atomic E-state index is 12.4. The van der Waals surface area contributed by atoms with Crippen molar-refractivity contribution in [3.8, 4) is 5.75 Å². The Morgan fingerprint density at radius 1 is 1.19 bits per heavy atom. The van der Waals surface area contributed by atoms with Crippen LogP contribution in [-0.2, 0) is 9.53 Å². The van der Waals surface area contributed by atoms with Gasteiger partial charge < -0.3 is 19.2 Å². The molecule has 1 aliphatic carbocycles. The standard InChI is InChI=1S/C21H27NO5/c1-12-13(2)21(24)27-19-11-17(9-10-18(12)19)26-14(3)20(23)22-15-5-7-16(25-4)8-6-15/h9-11,14-16H,5-8H2,1-4H3,(H,22,23). The first-order chi connectivity index (χ1) is 12.9. The van der Waals surface area contributed by atoms with Gasteiger partial charge in [0, 0.05) is 30.2 Å². The maximum atomic E-state index is 12.4. The Morgan fingerprint density at radius 3 is 2.56 bits per heavy atom. The molecular weight excluding hydrogens is 346 g/mol. The molecule has 27 heavy (non-hydrogen) atoms. The van der Waals surface area contributed by atoms with E-state index in [1.165, 1.54) is 0 Å². The molecule has 1 amide bonds. The molecule has 1 atom stereocenters. The first kappa shape index (κ1) is 19.4. The van der Waals surface area contributed by atoms with E-state index in [-0.39, 0.29) is 17.6 Å². The van der Waals surface area contributed by atoms with E-state index in [9.17, 15) is 9.59 Å². The van der Waals surface area contributed by atoms with Crippen molar-refractivity contribution in [1.29, 1.82) is 0 Å². The van der Waals surface area contributed by atoms with E-state index >= 15 is 0 Å². The summed E-state index contributed by atoms with van der Waals surface area (Å²) in [4.78, 5) is 24.3. The summed E-state index contributed by atoms with van der Waals surface area (Å²) in [5.41, 5.74) is 1.61. The van der Waals surface area contributed by atoms with Gasteiger partial charge in [-0.25, -0.2) is 4.79 Å². The highest BCUT2D eigenvalue weighted by molar-refractivity contribution is 5.83. The topological polar surface area (TPSA) is 77.8 Å². The molecule has 1 N–H and O–H groups in total. The number of methoxy groups -OCH3 is 1. The van der Waals surface area contributed by atoms with Crippen molar-refractivity contribution in [2.75, 3.05) is 7.11 Å². The third-order valence-corrected chi connectivity index (χ3v) is 5.46. The zero-order valence-electron chi connectivity index (χ0n) is 16.3. The number of carbonyl (C=O) groups is 1. The summed E-state index contributed by atoms with van der Waals surface area (Å²) in [5.74, 6) is 0.358. The molecule has 0 aliphatic heterocycles. The van der Waals surface area contributed by atoms with Crippen LogP contribution in [-0.4, -0.2) is 31.3 Å². The highest BCUT2D eigenvalue weighted by Gasteiger charge is 2.24. The Hall–Kier alpha value is -2.34. The summed E-state index contributed by atoms with van der Waals surface area (Å²) in [5, 5.41) is 3.92. The van der Waals surface area contributed by atoms with E-state index < -0.39 is 6.10 Å². The Labute approximate surface area is 158 Å². The number of ether oxygens (including phenoxy) is 2. The Balaban J connectivity index is 1.65. The fourth-order valence-corrected chi connectivity index (χ4v) is 3.52. The smallest absolute Gasteiger partial charge is 0.339 e. The average Bonchev–Trinajstić information content (AvgIpc) is 2.66. The molecule has 1 aromatic heterocycles. The number of benzene rings is 1. The second kappa shape index (κ2) is 8.13. The van der Waals surface area contributed by atoms with Gasteiger partial charge in [-0.2, -0.15) is 0 Å². The molecule has 6 nitrogen and oxygen atoms in total. The van der Waals surface area contributed by atoms with E-state index in [1.807, 2.05) is 13.0 Å². The molecule has 1 fully saturated rings. The number of hydrogen-bond donors (Lipinski definition) is 1. The molecule has 2 aromatic rings. The van der Waals surface area contributed by atoms with Gasteiger partial charge in [0.25, 0.3) is 5.91 Å². The SMILES string of the molecule is COC1CCC(NC(=O)C(C)Oc2ccc3c(C)c(C)c(=O)oc3c2)CC1. The third-order valence-electron chi connectivity index (χ3n) is 5.46. The van der Waals surface area contributed by atoms with E-state index in [2.05, 4.69) is 5.32 Å². The minimum Gasteiger partial charge on any atom is -0.481 e. The number of hydrogen-bond acceptors (Lipinski definition) is 5. The number of aryl methyl sites for hydroxylation is 1. The van der Waals surface area contributed by atoms with Crippen LogP contribution in [0.4, 0.5) is 0 Å². The molecule has 1 unspecified atom stereocenters. The number of fused-ring (bicyclic) bond motifs is 1. The molecular formula is C21H27NO5. The summed E-state index contributed by atoms with van der Waals surface area (Å²) in [6.45, 7) is 5.36. The predicted molar refractivity (Wildman–Crippen MR) is 103 cm³/mol. The van der Waals surface area contributed by atoms with Crippen LogP contribution in [0.5, 0.6) is 5.75 Å². The van der Waals surface area contributed by atoms with Crippen molar-refractivity contribution >= 4 is 16.9 Å². The summed E-state index contributed by atoms with van der Waals surface area (Å²) in [6.07, 6.45) is 3.40. The van der Waals surface area contributed by atoms with Crippen molar-refractivity contribution in [2.45, 2.75) is 64.7 Å². The molecule has 0 bridgehead atoms. The zero-order valence-corrected chi connectivity index (χ0v) is 16.3. The lowest BCUT2D eigenvalue weighted by Gasteiger charge is -2.29. The Bertz CT molecular complexity index is 880. The van der Waals surface area contributed by atoms with Crippen LogP contribution in [0.15, 0.2) is 27.4 Å². The summed E-state index contributed by atoms with van der Waals surface area (Å²) >= 11 is 0. The molecule has 1 aromatic carbocycles. The van der Waals surface area contributed by atoms with Crippen LogP contribution >= 0.6 is 0 Å². The zero-order chi connectivity index (χ0) is 19.6. The molecule has 0 radical (unpaired) electrons. The van der Waals surface area contributed by atoms with Gasteiger partial charge in [0.15, 0.2) is 6.10 Å². The molecule has 0 saturated heterocycles. The molecule has 6 heteroatoms. The monoisotopic (exact) mass is 373 g/mol. The normalized spacial score (nSPS) is 21.0. The van der Waals surface area contributed by atoms with Crippen molar-refractivity contribution in [3.63, 3.8) is 0 Å². The first-order valence-electron chi connectivity index (χ1n) is 9.43. The van der Waals surface area contributed by atoms with Crippen LogP contribution < -0.4 is 15.7 Å². The van der Waals surface area contributed by atoms with E-state index in [0.717, 1.165) is 36.6 Å². The number of nitrogens with one attached hydrogen (secondary N) is 1. The molecule has 146 valence electrons. The Kier molecular flexibility index (Phi) is 5.85. The first-order valence-corrected chi connectivity index (χ1v) is 9.43. The number of amides is 1. The molecule has 1 saturated carbocycles. The van der Waals surface area contributed by atoms with Crippen LogP contribution in [0.2, 0.25) is 0 Å². The van der Waals surface area contributed by atoms with Gasteiger partial charge in [0.1, 0.15) is 11.3 Å². The third kappa shape index (κ3) is 4.33. The van der Waals surface area contributed by atoms with Crippen LogP contribution in [0.25, 0.3) is 11.0 Å². The van der Waals surface area contributed by atoms with Gasteiger partial charge in [-0.05, 0) is 64.2 Å². The second-order valence-electron chi connectivity index (χ2n) is 7.28. The van der Waals surface area contributed by atoms with Crippen molar-refractivity contribution in [2.24, 2.45) is 0 Å². The summed E-state index contributed by atoms with van der Waals surface area (Å²) in [6, 6.07) is 5.47. The number of rotatable bonds is 5. The maximum Gasteiger partial charge on any atom is 0.339 e. The van der Waals surface area contributed by atoms with Crippen LogP contribution in [0.3, 0.4) is 0 Å². The minimum absolute atomic E-state index is 0.141. The van der Waals surface area contributed by atoms with Crippen molar-refractivity contribution in [1.82, 2.24) is 5.32 Å². The lowest BCUT2D eigenvalue weighted by atomic mass is 9.93. The average molecular weight is 373 g/mol. The van der Waals surface area contributed by atoms with Crippen molar-refractivity contribution < 1.29 is 18.7 Å². The molecule has 1 heterocycles. The second-order valence-corrected chi connectivity index (χ2v) is 7.28. The highest BCUT2D eigenvalue weighted by atomic mass is 16.5. The van der Waals surface area contributed by atoms with E-state index in [1.54, 1.807) is 33.1 Å². The quantitative estimate of drug-likeness (QED) is 0.814. The Morgan fingerprint density at radius 2 is 1.89 bits per heavy atom. The molecule has 3 rings (SSSR count). The summed E-state index contributed by atoms with van der Waals surface area (Å²) in [7, 11) is 1.73. The summed E-state index contributed by atoms with van der Waals surface area (Å²) < 4.78 is 16.5. The van der Waals surface area contributed by atoms with Gasteiger partial charge in [-0.1, -0.05) is 0 Å². The molecule has 0 spiro atoms. The molecule has 1 aliphatic rings. The highest BCUT2D eigenvalue weighted by Crippen LogP contribution is 2.25. The number of carbonyl (C=O) groups excluding carboxylic acids is 1. The van der Waals surface area contributed by atoms with E-state index in [0.29, 0.717) is 23.0 Å². The predicted octanol–water partition coefficient (Wildman–Crippen LogP) is 3.25. The fourth-order valence-electron chi connectivity index (χ4n) is 3.52. The fraction of sp³-hybridized carbons (Fsp3) is 0.524. The van der Waals surface area contributed by atoms with Gasteiger partial charge in [0.05, 0.1) is 6.10 Å². The largest absolute Gasteiger partial charge is 0.481 e. The minimum atomic E-state index is -0.638. The van der Waals surface area contributed by atoms with Gasteiger partial charge in [-0.15, -0.1) is 0 Å². The van der Waals surface area contributed by atoms with Crippen LogP contribution in [0.1, 0.15) is 43.7 Å². The van der Waals surface area contributed by atoms with Gasteiger partial charge >= 0.3 is 5.63 Å².